The smallest absolute Gasteiger partial charge is 0.153 e. The number of thioether (sulfide) groups is 1. The van der Waals surface area contributed by atoms with Crippen molar-refractivity contribution < 1.29 is 4.79 Å². The number of benzene rings is 1. The molecule has 0 radical (unpaired) electrons. The molecule has 0 bridgehead atoms. The SMILES string of the molecule is CSc1ccccc1N1CCC(=O)C1. The van der Waals surface area contributed by atoms with Crippen LogP contribution in [-0.4, -0.2) is 25.1 Å². The van der Waals surface area contributed by atoms with Gasteiger partial charge < -0.3 is 4.90 Å². The summed E-state index contributed by atoms with van der Waals surface area (Å²) in [7, 11) is 0. The lowest BCUT2D eigenvalue weighted by Gasteiger charge is -2.19. The van der Waals surface area contributed by atoms with Crippen LogP contribution in [0.1, 0.15) is 6.42 Å². The normalized spacial score (nSPS) is 16.4. The first kappa shape index (κ1) is 9.59. The van der Waals surface area contributed by atoms with Gasteiger partial charge in [0.05, 0.1) is 12.2 Å². The van der Waals surface area contributed by atoms with Crippen molar-refractivity contribution in [2.75, 3.05) is 24.2 Å². The molecule has 1 aliphatic heterocycles. The van der Waals surface area contributed by atoms with Crippen LogP contribution in [0.2, 0.25) is 0 Å². The van der Waals surface area contributed by atoms with E-state index in [1.807, 2.05) is 12.1 Å². The average Bonchev–Trinajstić information content (AvgIpc) is 2.65. The number of anilines is 1. The third-order valence-corrected chi connectivity index (χ3v) is 3.24. The fraction of sp³-hybridized carbons (Fsp3) is 0.364. The Kier molecular flexibility index (Phi) is 2.77. The van der Waals surface area contributed by atoms with Gasteiger partial charge in [0.2, 0.25) is 0 Å². The largest absolute Gasteiger partial charge is 0.363 e. The van der Waals surface area contributed by atoms with E-state index in [-0.39, 0.29) is 0 Å². The van der Waals surface area contributed by atoms with Crippen LogP contribution in [0.25, 0.3) is 0 Å². The van der Waals surface area contributed by atoms with Gasteiger partial charge in [0.15, 0.2) is 5.78 Å². The van der Waals surface area contributed by atoms with Crippen LogP contribution in [0.4, 0.5) is 5.69 Å². The first-order valence-electron chi connectivity index (χ1n) is 4.71. The van der Waals surface area contributed by atoms with Crippen molar-refractivity contribution >= 4 is 23.2 Å². The summed E-state index contributed by atoms with van der Waals surface area (Å²) >= 11 is 1.73. The predicted molar refractivity (Wildman–Crippen MR) is 60.1 cm³/mol. The molecule has 2 nitrogen and oxygen atoms in total. The average molecular weight is 207 g/mol. The molecule has 74 valence electrons. The number of ketones is 1. The van der Waals surface area contributed by atoms with E-state index < -0.39 is 0 Å². The number of hydrogen-bond acceptors (Lipinski definition) is 3. The molecule has 1 aliphatic rings. The van der Waals surface area contributed by atoms with E-state index in [0.29, 0.717) is 18.7 Å². The van der Waals surface area contributed by atoms with Crippen molar-refractivity contribution in [3.8, 4) is 0 Å². The summed E-state index contributed by atoms with van der Waals surface area (Å²) < 4.78 is 0. The topological polar surface area (TPSA) is 20.3 Å². The first-order chi connectivity index (χ1) is 6.81. The van der Waals surface area contributed by atoms with Crippen LogP contribution in [0, 0.1) is 0 Å². The zero-order valence-electron chi connectivity index (χ0n) is 8.19. The molecule has 1 heterocycles. The predicted octanol–water partition coefficient (Wildman–Crippen LogP) is 2.19. The number of hydrogen-bond donors (Lipinski definition) is 0. The highest BCUT2D eigenvalue weighted by Crippen LogP contribution is 2.29. The number of Topliss-reactive ketones (excluding diaryl/α,β-unsaturated/α-hetero) is 1. The summed E-state index contributed by atoms with van der Waals surface area (Å²) in [6, 6.07) is 8.25. The molecule has 0 unspecified atom stereocenters. The Labute approximate surface area is 88.3 Å². The highest BCUT2D eigenvalue weighted by Gasteiger charge is 2.20. The van der Waals surface area contributed by atoms with Gasteiger partial charge in [-0.2, -0.15) is 0 Å². The minimum atomic E-state index is 0.348. The molecule has 1 aromatic rings. The maximum absolute atomic E-state index is 11.2. The molecule has 0 aliphatic carbocycles. The first-order valence-corrected chi connectivity index (χ1v) is 5.93. The highest BCUT2D eigenvalue weighted by atomic mass is 32.2. The minimum Gasteiger partial charge on any atom is -0.363 e. The fourth-order valence-electron chi connectivity index (χ4n) is 1.73. The second-order valence-corrected chi connectivity index (χ2v) is 4.23. The monoisotopic (exact) mass is 207 g/mol. The number of para-hydroxylation sites is 1. The van der Waals surface area contributed by atoms with Gasteiger partial charge in [-0.05, 0) is 18.4 Å². The van der Waals surface area contributed by atoms with E-state index in [1.165, 1.54) is 10.6 Å². The van der Waals surface area contributed by atoms with Crippen LogP contribution in [0.3, 0.4) is 0 Å². The second-order valence-electron chi connectivity index (χ2n) is 3.38. The summed E-state index contributed by atoms with van der Waals surface area (Å²) in [6.07, 6.45) is 2.76. The molecule has 1 saturated heterocycles. The van der Waals surface area contributed by atoms with Crippen molar-refractivity contribution in [1.29, 1.82) is 0 Å². The van der Waals surface area contributed by atoms with Crippen molar-refractivity contribution in [1.82, 2.24) is 0 Å². The van der Waals surface area contributed by atoms with Crippen LogP contribution in [0.5, 0.6) is 0 Å². The molecule has 0 N–H and O–H groups in total. The molecule has 0 spiro atoms. The Morgan fingerprint density at radius 1 is 1.36 bits per heavy atom. The summed E-state index contributed by atoms with van der Waals surface area (Å²) in [5, 5.41) is 0. The molecule has 14 heavy (non-hydrogen) atoms. The second kappa shape index (κ2) is 4.05. The van der Waals surface area contributed by atoms with Crippen molar-refractivity contribution in [3.63, 3.8) is 0 Å². The number of carbonyl (C=O) groups is 1. The van der Waals surface area contributed by atoms with Gasteiger partial charge in [0.25, 0.3) is 0 Å². The molecule has 0 saturated carbocycles. The Balaban J connectivity index is 2.27. The van der Waals surface area contributed by atoms with E-state index in [4.69, 9.17) is 0 Å². The maximum Gasteiger partial charge on any atom is 0.153 e. The van der Waals surface area contributed by atoms with Gasteiger partial charge in [-0.1, -0.05) is 12.1 Å². The molecule has 0 aromatic heterocycles. The summed E-state index contributed by atoms with van der Waals surface area (Å²) in [5.74, 6) is 0.348. The lowest BCUT2D eigenvalue weighted by Crippen LogP contribution is -2.19. The van der Waals surface area contributed by atoms with Gasteiger partial charge in [-0.25, -0.2) is 0 Å². The Morgan fingerprint density at radius 2 is 2.14 bits per heavy atom. The van der Waals surface area contributed by atoms with Crippen LogP contribution in [-0.2, 0) is 4.79 Å². The van der Waals surface area contributed by atoms with Gasteiger partial charge in [-0.15, -0.1) is 11.8 Å². The molecule has 3 heteroatoms. The van der Waals surface area contributed by atoms with E-state index in [1.54, 1.807) is 11.8 Å². The van der Waals surface area contributed by atoms with E-state index in [0.717, 1.165) is 6.54 Å². The van der Waals surface area contributed by atoms with Crippen molar-refractivity contribution in [3.05, 3.63) is 24.3 Å². The van der Waals surface area contributed by atoms with Crippen molar-refractivity contribution in [2.45, 2.75) is 11.3 Å². The molecule has 1 aromatic carbocycles. The Hall–Kier alpha value is -0.960. The molecular weight excluding hydrogens is 194 g/mol. The van der Waals surface area contributed by atoms with Gasteiger partial charge in [0.1, 0.15) is 0 Å². The molecule has 0 atom stereocenters. The maximum atomic E-state index is 11.2. The highest BCUT2D eigenvalue weighted by molar-refractivity contribution is 7.98. The third kappa shape index (κ3) is 1.77. The van der Waals surface area contributed by atoms with E-state index in [2.05, 4.69) is 23.3 Å². The van der Waals surface area contributed by atoms with Crippen LogP contribution >= 0.6 is 11.8 Å². The molecule has 1 fully saturated rings. The number of rotatable bonds is 2. The zero-order chi connectivity index (χ0) is 9.97. The quantitative estimate of drug-likeness (QED) is 0.693. The molecular formula is C11H13NOS. The minimum absolute atomic E-state index is 0.348. The van der Waals surface area contributed by atoms with E-state index >= 15 is 0 Å². The molecule has 2 rings (SSSR count). The van der Waals surface area contributed by atoms with Gasteiger partial charge >= 0.3 is 0 Å². The lowest BCUT2D eigenvalue weighted by molar-refractivity contribution is -0.116. The van der Waals surface area contributed by atoms with E-state index in [9.17, 15) is 4.79 Å². The van der Waals surface area contributed by atoms with Crippen molar-refractivity contribution in [2.24, 2.45) is 0 Å². The third-order valence-electron chi connectivity index (χ3n) is 2.45. The molecule has 0 amide bonds. The van der Waals surface area contributed by atoms with Gasteiger partial charge in [-0.3, -0.25) is 4.79 Å². The van der Waals surface area contributed by atoms with Gasteiger partial charge in [0, 0.05) is 17.9 Å². The summed E-state index contributed by atoms with van der Waals surface area (Å²) in [4.78, 5) is 14.6. The lowest BCUT2D eigenvalue weighted by atomic mass is 10.3. The summed E-state index contributed by atoms with van der Waals surface area (Å²) in [5.41, 5.74) is 1.20. The van der Waals surface area contributed by atoms with Crippen LogP contribution < -0.4 is 4.90 Å². The number of carbonyl (C=O) groups excluding carboxylic acids is 1. The number of nitrogens with zero attached hydrogens (tertiary/aromatic N) is 1. The fourth-order valence-corrected chi connectivity index (χ4v) is 2.35. The van der Waals surface area contributed by atoms with Crippen LogP contribution in [0.15, 0.2) is 29.2 Å². The Morgan fingerprint density at radius 3 is 2.79 bits per heavy atom. The zero-order valence-corrected chi connectivity index (χ0v) is 9.01. The standard InChI is InChI=1S/C11H13NOS/c1-14-11-5-3-2-4-10(11)12-7-6-9(13)8-12/h2-5H,6-8H2,1H3. The summed E-state index contributed by atoms with van der Waals surface area (Å²) in [6.45, 7) is 1.45. The Bertz CT molecular complexity index is 351.